The number of halogens is 1. The Morgan fingerprint density at radius 1 is 1.43 bits per heavy atom. The molecular weight excluding hydrogens is 332 g/mol. The number of para-hydroxylation sites is 1. The molecule has 0 aliphatic heterocycles. The SMILES string of the molecule is CC(C)NCc1cccc(Br)c1OCCC(=O)NC1CC1. The predicted molar refractivity (Wildman–Crippen MR) is 87.4 cm³/mol. The number of hydrogen-bond acceptors (Lipinski definition) is 3. The summed E-state index contributed by atoms with van der Waals surface area (Å²) in [6.45, 7) is 5.37. The van der Waals surface area contributed by atoms with Gasteiger partial charge in [0.25, 0.3) is 0 Å². The van der Waals surface area contributed by atoms with Crippen molar-refractivity contribution in [2.75, 3.05) is 6.61 Å². The Kier molecular flexibility index (Phi) is 6.06. The highest BCUT2D eigenvalue weighted by Crippen LogP contribution is 2.29. The third-order valence-electron chi connectivity index (χ3n) is 3.27. The van der Waals surface area contributed by atoms with E-state index in [1.54, 1.807) is 0 Å². The van der Waals surface area contributed by atoms with Crippen molar-refractivity contribution < 1.29 is 9.53 Å². The molecule has 2 rings (SSSR count). The molecule has 2 N–H and O–H groups in total. The highest BCUT2D eigenvalue weighted by molar-refractivity contribution is 9.10. The lowest BCUT2D eigenvalue weighted by Gasteiger charge is -2.15. The van der Waals surface area contributed by atoms with Gasteiger partial charge in [-0.05, 0) is 34.8 Å². The minimum absolute atomic E-state index is 0.0754. The van der Waals surface area contributed by atoms with E-state index in [1.807, 2.05) is 18.2 Å². The first kappa shape index (κ1) is 16.3. The molecule has 0 aromatic heterocycles. The van der Waals surface area contributed by atoms with Gasteiger partial charge in [0, 0.05) is 24.2 Å². The molecule has 0 bridgehead atoms. The lowest BCUT2D eigenvalue weighted by atomic mass is 10.2. The van der Waals surface area contributed by atoms with Gasteiger partial charge in [0.1, 0.15) is 5.75 Å². The first-order valence-electron chi connectivity index (χ1n) is 7.49. The summed E-state index contributed by atoms with van der Waals surface area (Å²) in [4.78, 5) is 11.7. The van der Waals surface area contributed by atoms with E-state index in [9.17, 15) is 4.79 Å². The van der Waals surface area contributed by atoms with E-state index >= 15 is 0 Å². The van der Waals surface area contributed by atoms with Crippen molar-refractivity contribution in [3.05, 3.63) is 28.2 Å². The van der Waals surface area contributed by atoms with Crippen LogP contribution in [0.2, 0.25) is 0 Å². The van der Waals surface area contributed by atoms with E-state index in [1.165, 1.54) is 0 Å². The van der Waals surface area contributed by atoms with Gasteiger partial charge in [-0.25, -0.2) is 0 Å². The average molecular weight is 355 g/mol. The number of carbonyl (C=O) groups excluding carboxylic acids is 1. The van der Waals surface area contributed by atoms with Crippen molar-refractivity contribution >= 4 is 21.8 Å². The van der Waals surface area contributed by atoms with Gasteiger partial charge in [0.2, 0.25) is 5.91 Å². The van der Waals surface area contributed by atoms with E-state index in [4.69, 9.17) is 4.74 Å². The Labute approximate surface area is 134 Å². The van der Waals surface area contributed by atoms with E-state index in [0.717, 1.165) is 35.2 Å². The number of nitrogens with one attached hydrogen (secondary N) is 2. The number of amides is 1. The second-order valence-electron chi connectivity index (χ2n) is 5.70. The van der Waals surface area contributed by atoms with Crippen molar-refractivity contribution in [1.82, 2.24) is 10.6 Å². The van der Waals surface area contributed by atoms with Gasteiger partial charge in [-0.15, -0.1) is 0 Å². The lowest BCUT2D eigenvalue weighted by molar-refractivity contribution is -0.121. The molecule has 1 aromatic rings. The smallest absolute Gasteiger partial charge is 0.223 e. The molecule has 1 aliphatic rings. The molecule has 116 valence electrons. The van der Waals surface area contributed by atoms with Crippen molar-refractivity contribution in [3.8, 4) is 5.75 Å². The highest BCUT2D eigenvalue weighted by atomic mass is 79.9. The largest absolute Gasteiger partial charge is 0.492 e. The van der Waals surface area contributed by atoms with Gasteiger partial charge in [0.15, 0.2) is 0 Å². The number of hydrogen-bond donors (Lipinski definition) is 2. The molecule has 1 fully saturated rings. The van der Waals surface area contributed by atoms with E-state index in [2.05, 4.69) is 40.4 Å². The van der Waals surface area contributed by atoms with Crippen LogP contribution in [-0.2, 0) is 11.3 Å². The third-order valence-corrected chi connectivity index (χ3v) is 3.89. The maximum Gasteiger partial charge on any atom is 0.223 e. The fourth-order valence-electron chi connectivity index (χ4n) is 1.94. The van der Waals surface area contributed by atoms with Gasteiger partial charge < -0.3 is 15.4 Å². The second kappa shape index (κ2) is 7.80. The Balaban J connectivity index is 1.86. The molecule has 1 aromatic carbocycles. The molecule has 21 heavy (non-hydrogen) atoms. The number of ether oxygens (including phenoxy) is 1. The molecule has 0 radical (unpaired) electrons. The Morgan fingerprint density at radius 3 is 2.86 bits per heavy atom. The third kappa shape index (κ3) is 5.67. The normalized spacial score (nSPS) is 14.3. The molecular formula is C16H23BrN2O2. The van der Waals surface area contributed by atoms with E-state index in [0.29, 0.717) is 25.1 Å². The quantitative estimate of drug-likeness (QED) is 0.754. The van der Waals surface area contributed by atoms with Crippen molar-refractivity contribution in [1.29, 1.82) is 0 Å². The molecule has 0 unspecified atom stereocenters. The fourth-order valence-corrected chi connectivity index (χ4v) is 2.46. The molecule has 1 aliphatic carbocycles. The molecule has 0 spiro atoms. The summed E-state index contributed by atoms with van der Waals surface area (Å²) in [5.41, 5.74) is 1.10. The Hall–Kier alpha value is -1.07. The van der Waals surface area contributed by atoms with Crippen molar-refractivity contribution in [2.45, 2.75) is 51.7 Å². The Bertz CT molecular complexity index is 487. The van der Waals surface area contributed by atoms with Crippen LogP contribution in [0.25, 0.3) is 0 Å². The van der Waals surface area contributed by atoms with Gasteiger partial charge in [0.05, 0.1) is 17.5 Å². The minimum atomic E-state index is 0.0754. The molecule has 4 nitrogen and oxygen atoms in total. The summed E-state index contributed by atoms with van der Waals surface area (Å²) in [6.07, 6.45) is 2.62. The summed E-state index contributed by atoms with van der Waals surface area (Å²) >= 11 is 3.52. The van der Waals surface area contributed by atoms with Crippen LogP contribution in [0, 0.1) is 0 Å². The van der Waals surface area contributed by atoms with Crippen LogP contribution in [0.1, 0.15) is 38.7 Å². The van der Waals surface area contributed by atoms with Crippen LogP contribution in [0.15, 0.2) is 22.7 Å². The maximum atomic E-state index is 11.7. The van der Waals surface area contributed by atoms with Crippen LogP contribution < -0.4 is 15.4 Å². The summed E-state index contributed by atoms with van der Waals surface area (Å²) in [7, 11) is 0. The average Bonchev–Trinajstić information content (AvgIpc) is 3.22. The molecule has 1 amide bonds. The van der Waals surface area contributed by atoms with Crippen LogP contribution in [0.5, 0.6) is 5.75 Å². The molecule has 0 atom stereocenters. The zero-order chi connectivity index (χ0) is 15.2. The topological polar surface area (TPSA) is 50.4 Å². The summed E-state index contributed by atoms with van der Waals surface area (Å²) in [5, 5.41) is 6.35. The number of carbonyl (C=O) groups is 1. The Morgan fingerprint density at radius 2 is 2.19 bits per heavy atom. The van der Waals surface area contributed by atoms with Gasteiger partial charge in [-0.2, -0.15) is 0 Å². The highest BCUT2D eigenvalue weighted by Gasteiger charge is 2.23. The molecule has 5 heteroatoms. The predicted octanol–water partition coefficient (Wildman–Crippen LogP) is 2.99. The van der Waals surface area contributed by atoms with Crippen molar-refractivity contribution in [3.63, 3.8) is 0 Å². The van der Waals surface area contributed by atoms with Crippen LogP contribution >= 0.6 is 15.9 Å². The number of rotatable bonds is 8. The van der Waals surface area contributed by atoms with Crippen LogP contribution in [0.4, 0.5) is 0 Å². The monoisotopic (exact) mass is 354 g/mol. The van der Waals surface area contributed by atoms with E-state index < -0.39 is 0 Å². The zero-order valence-electron chi connectivity index (χ0n) is 12.6. The van der Waals surface area contributed by atoms with Gasteiger partial charge >= 0.3 is 0 Å². The first-order chi connectivity index (χ1) is 10.1. The van der Waals surface area contributed by atoms with Crippen LogP contribution in [0.3, 0.4) is 0 Å². The number of benzene rings is 1. The summed E-state index contributed by atoms with van der Waals surface area (Å²) < 4.78 is 6.75. The maximum absolute atomic E-state index is 11.7. The van der Waals surface area contributed by atoms with Gasteiger partial charge in [-0.3, -0.25) is 4.79 Å². The minimum Gasteiger partial charge on any atom is -0.492 e. The standard InChI is InChI=1S/C16H23BrN2O2/c1-11(2)18-10-12-4-3-5-14(17)16(12)21-9-8-15(20)19-13-6-7-13/h3-5,11,13,18H,6-10H2,1-2H3,(H,19,20). The van der Waals surface area contributed by atoms with Crippen LogP contribution in [-0.4, -0.2) is 24.6 Å². The second-order valence-corrected chi connectivity index (χ2v) is 6.56. The molecule has 0 heterocycles. The molecule has 1 saturated carbocycles. The first-order valence-corrected chi connectivity index (χ1v) is 8.28. The lowest BCUT2D eigenvalue weighted by Crippen LogP contribution is -2.27. The zero-order valence-corrected chi connectivity index (χ0v) is 14.2. The molecule has 0 saturated heterocycles. The van der Waals surface area contributed by atoms with E-state index in [-0.39, 0.29) is 5.91 Å². The van der Waals surface area contributed by atoms with Crippen molar-refractivity contribution in [2.24, 2.45) is 0 Å². The fraction of sp³-hybridized carbons (Fsp3) is 0.562. The summed E-state index contributed by atoms with van der Waals surface area (Å²) in [6, 6.07) is 6.82. The summed E-state index contributed by atoms with van der Waals surface area (Å²) in [5.74, 6) is 0.899. The van der Waals surface area contributed by atoms with Gasteiger partial charge in [-0.1, -0.05) is 26.0 Å².